The van der Waals surface area contributed by atoms with Crippen LogP contribution in [0.1, 0.15) is 174 Å². The summed E-state index contributed by atoms with van der Waals surface area (Å²) in [6.45, 7) is 4.16. The summed E-state index contributed by atoms with van der Waals surface area (Å²) in [6.07, 6.45) is 34.9. The van der Waals surface area contributed by atoms with E-state index in [4.69, 9.17) is 18.5 Å². The number of rotatable bonds is 37. The van der Waals surface area contributed by atoms with E-state index in [2.05, 4.69) is 38.2 Å². The Morgan fingerprint density at radius 3 is 1.53 bits per heavy atom. The lowest BCUT2D eigenvalue weighted by atomic mass is 10.1. The van der Waals surface area contributed by atoms with Gasteiger partial charge in [0.25, 0.3) is 7.82 Å². The zero-order valence-corrected chi connectivity index (χ0v) is 34.4. The molecule has 0 spiro atoms. The predicted molar refractivity (Wildman–Crippen MR) is 208 cm³/mol. The zero-order valence-electron chi connectivity index (χ0n) is 33.6. The molecule has 0 aromatic rings. The van der Waals surface area contributed by atoms with Crippen molar-refractivity contribution >= 4 is 19.8 Å². The van der Waals surface area contributed by atoms with Crippen LogP contribution in [0.3, 0.4) is 0 Å². The molecule has 0 aromatic carbocycles. The van der Waals surface area contributed by atoms with Gasteiger partial charge in [0.15, 0.2) is 6.10 Å². The molecule has 0 fully saturated rings. The lowest BCUT2D eigenvalue weighted by Crippen LogP contribution is -2.37. The molecule has 51 heavy (non-hydrogen) atoms. The van der Waals surface area contributed by atoms with Gasteiger partial charge in [0.2, 0.25) is 0 Å². The summed E-state index contributed by atoms with van der Waals surface area (Å²) in [5, 5.41) is 0. The molecule has 0 radical (unpaired) electrons. The largest absolute Gasteiger partial charge is 0.756 e. The Bertz CT molecular complexity index is 933. The lowest BCUT2D eigenvalue weighted by molar-refractivity contribution is -0.870. The maximum absolute atomic E-state index is 12.6. The molecule has 10 heteroatoms. The van der Waals surface area contributed by atoms with Gasteiger partial charge in [0.1, 0.15) is 19.8 Å². The SMILES string of the molecule is CCCCC/C=C/CCCCCCCC(=O)O[C@H](COC(=O)CCCC/C=C/CCCCCCCCCCC)COP(=O)([O-])OCC[N+](C)(C)C. The maximum Gasteiger partial charge on any atom is 0.306 e. The van der Waals surface area contributed by atoms with Crippen LogP contribution in [0.4, 0.5) is 0 Å². The van der Waals surface area contributed by atoms with Gasteiger partial charge in [-0.2, -0.15) is 0 Å². The number of ether oxygens (including phenoxy) is 2. The third-order valence-electron chi connectivity index (χ3n) is 8.69. The number of phosphoric acid groups is 1. The number of likely N-dealkylation sites (N-methyl/N-ethyl adjacent to an activating group) is 1. The van der Waals surface area contributed by atoms with Crippen molar-refractivity contribution in [3.8, 4) is 0 Å². The molecule has 0 aliphatic carbocycles. The van der Waals surface area contributed by atoms with Gasteiger partial charge in [-0.1, -0.05) is 122 Å². The number of allylic oxidation sites excluding steroid dienone is 4. The summed E-state index contributed by atoms with van der Waals surface area (Å²) in [7, 11) is 1.15. The Balaban J connectivity index is 4.43. The maximum atomic E-state index is 12.6. The molecule has 0 rings (SSSR count). The number of unbranched alkanes of at least 4 members (excludes halogenated alkanes) is 19. The van der Waals surface area contributed by atoms with E-state index < -0.39 is 32.5 Å². The molecular weight excluding hydrogens is 665 g/mol. The monoisotopic (exact) mass is 744 g/mol. The van der Waals surface area contributed by atoms with E-state index in [0.717, 1.165) is 57.8 Å². The van der Waals surface area contributed by atoms with Crippen molar-refractivity contribution < 1.29 is 42.1 Å². The number of nitrogens with zero attached hydrogens (tertiary/aromatic N) is 1. The predicted octanol–water partition coefficient (Wildman–Crippen LogP) is 10.6. The van der Waals surface area contributed by atoms with E-state index >= 15 is 0 Å². The Morgan fingerprint density at radius 1 is 0.588 bits per heavy atom. The van der Waals surface area contributed by atoms with E-state index in [1.54, 1.807) is 0 Å². The summed E-state index contributed by atoms with van der Waals surface area (Å²) in [5.74, 6) is -0.870. The summed E-state index contributed by atoms with van der Waals surface area (Å²) in [6, 6.07) is 0. The first-order valence-corrected chi connectivity index (χ1v) is 22.0. The Hall–Kier alpha value is -1.51. The zero-order chi connectivity index (χ0) is 37.9. The van der Waals surface area contributed by atoms with Crippen LogP contribution in [0.2, 0.25) is 0 Å². The van der Waals surface area contributed by atoms with Crippen molar-refractivity contribution in [2.75, 3.05) is 47.5 Å². The molecule has 2 atom stereocenters. The molecule has 0 heterocycles. The number of esters is 2. The van der Waals surface area contributed by atoms with Crippen LogP contribution in [0, 0.1) is 0 Å². The second kappa shape index (κ2) is 34.3. The normalized spacial score (nSPS) is 13.9. The topological polar surface area (TPSA) is 111 Å². The molecule has 0 aliphatic heterocycles. The van der Waals surface area contributed by atoms with Crippen LogP contribution < -0.4 is 4.89 Å². The smallest absolute Gasteiger partial charge is 0.306 e. The van der Waals surface area contributed by atoms with E-state index in [1.165, 1.54) is 77.0 Å². The molecule has 0 saturated carbocycles. The van der Waals surface area contributed by atoms with E-state index in [1.807, 2.05) is 21.1 Å². The van der Waals surface area contributed by atoms with Gasteiger partial charge in [-0.05, 0) is 64.2 Å². The highest BCUT2D eigenvalue weighted by Crippen LogP contribution is 2.38. The van der Waals surface area contributed by atoms with Crippen LogP contribution in [0.15, 0.2) is 24.3 Å². The van der Waals surface area contributed by atoms with E-state index in [-0.39, 0.29) is 26.1 Å². The van der Waals surface area contributed by atoms with Crippen LogP contribution in [-0.2, 0) is 32.7 Å². The summed E-state index contributed by atoms with van der Waals surface area (Å²) in [4.78, 5) is 37.4. The summed E-state index contributed by atoms with van der Waals surface area (Å²) < 4.78 is 33.8. The first-order valence-electron chi connectivity index (χ1n) is 20.5. The Labute approximate surface area is 313 Å². The minimum Gasteiger partial charge on any atom is -0.756 e. The molecule has 0 amide bonds. The highest BCUT2D eigenvalue weighted by Gasteiger charge is 2.21. The minimum absolute atomic E-state index is 0.0343. The summed E-state index contributed by atoms with van der Waals surface area (Å²) >= 11 is 0. The van der Waals surface area contributed by atoms with Crippen LogP contribution in [0.5, 0.6) is 0 Å². The van der Waals surface area contributed by atoms with Crippen molar-refractivity contribution in [3.63, 3.8) is 0 Å². The Kier molecular flexibility index (Phi) is 33.3. The highest BCUT2D eigenvalue weighted by atomic mass is 31.2. The molecule has 0 aromatic heterocycles. The number of carbonyl (C=O) groups is 2. The molecule has 0 N–H and O–H groups in total. The van der Waals surface area contributed by atoms with Gasteiger partial charge in [0.05, 0.1) is 27.7 Å². The van der Waals surface area contributed by atoms with Gasteiger partial charge in [-0.3, -0.25) is 14.2 Å². The summed E-state index contributed by atoms with van der Waals surface area (Å²) in [5.41, 5.74) is 0. The third-order valence-corrected chi connectivity index (χ3v) is 9.66. The van der Waals surface area contributed by atoms with Gasteiger partial charge in [-0.25, -0.2) is 0 Å². The molecule has 0 aliphatic rings. The van der Waals surface area contributed by atoms with Crippen molar-refractivity contribution in [1.82, 2.24) is 0 Å². The van der Waals surface area contributed by atoms with Gasteiger partial charge >= 0.3 is 11.9 Å². The van der Waals surface area contributed by atoms with Crippen LogP contribution in [0.25, 0.3) is 0 Å². The standard InChI is InChI=1S/C41H78NO8P/c1-6-8-10-12-14-16-18-20-21-22-24-25-27-29-31-33-40(43)47-37-39(38-49-51(45,46)48-36-35-42(3,4)5)50-41(44)34-32-30-28-26-23-19-17-15-13-11-9-7-2/h15,17,24-25,39H,6-14,16,18-23,26-38H2,1-5H3/b17-15+,25-24+/t39-/m1/s1. The number of hydrogen-bond donors (Lipinski definition) is 0. The van der Waals surface area contributed by atoms with Crippen LogP contribution >= 0.6 is 7.82 Å². The van der Waals surface area contributed by atoms with E-state index in [9.17, 15) is 19.0 Å². The van der Waals surface area contributed by atoms with Crippen molar-refractivity contribution in [2.45, 2.75) is 180 Å². The fourth-order valence-corrected chi connectivity index (χ4v) is 6.14. The van der Waals surface area contributed by atoms with E-state index in [0.29, 0.717) is 23.9 Å². The number of phosphoric ester groups is 1. The molecule has 0 saturated heterocycles. The lowest BCUT2D eigenvalue weighted by Gasteiger charge is -2.28. The van der Waals surface area contributed by atoms with Gasteiger partial charge in [-0.15, -0.1) is 0 Å². The van der Waals surface area contributed by atoms with Crippen LogP contribution in [-0.4, -0.2) is 70.0 Å². The number of hydrogen-bond acceptors (Lipinski definition) is 8. The molecule has 9 nitrogen and oxygen atoms in total. The number of quaternary nitrogens is 1. The van der Waals surface area contributed by atoms with Crippen molar-refractivity contribution in [3.05, 3.63) is 24.3 Å². The average Bonchev–Trinajstić information content (AvgIpc) is 3.07. The third kappa shape index (κ3) is 38.0. The second-order valence-corrected chi connectivity index (χ2v) is 16.4. The fourth-order valence-electron chi connectivity index (χ4n) is 5.41. The average molecular weight is 744 g/mol. The highest BCUT2D eigenvalue weighted by molar-refractivity contribution is 7.45. The minimum atomic E-state index is -4.62. The second-order valence-electron chi connectivity index (χ2n) is 15.0. The first-order chi connectivity index (χ1) is 24.5. The first kappa shape index (κ1) is 49.5. The molecule has 0 bridgehead atoms. The molecule has 300 valence electrons. The molecule has 1 unspecified atom stereocenters. The van der Waals surface area contributed by atoms with Gasteiger partial charge < -0.3 is 27.9 Å². The van der Waals surface area contributed by atoms with Crippen molar-refractivity contribution in [2.24, 2.45) is 0 Å². The quantitative estimate of drug-likeness (QED) is 0.0203. The van der Waals surface area contributed by atoms with Crippen molar-refractivity contribution in [1.29, 1.82) is 0 Å². The fraction of sp³-hybridized carbons (Fsp3) is 0.854. The number of carbonyl (C=O) groups excluding carboxylic acids is 2. The molecular formula is C41H78NO8P. The Morgan fingerprint density at radius 2 is 1.00 bits per heavy atom. The van der Waals surface area contributed by atoms with Gasteiger partial charge in [0, 0.05) is 12.8 Å².